The Balaban J connectivity index is 1.49. The van der Waals surface area contributed by atoms with Crippen molar-refractivity contribution in [2.24, 2.45) is 5.10 Å². The molecule has 2 aromatic rings. The number of nitrogens with one attached hydrogen (secondary N) is 1. The lowest BCUT2D eigenvalue weighted by atomic mass is 10.1. The fourth-order valence-corrected chi connectivity index (χ4v) is 2.85. The molecule has 27 heavy (non-hydrogen) atoms. The summed E-state index contributed by atoms with van der Waals surface area (Å²) >= 11 is 0. The van der Waals surface area contributed by atoms with Gasteiger partial charge in [-0.25, -0.2) is 4.79 Å². The van der Waals surface area contributed by atoms with Gasteiger partial charge in [0.2, 0.25) is 0 Å². The van der Waals surface area contributed by atoms with Crippen molar-refractivity contribution in [1.29, 1.82) is 0 Å². The second-order valence-corrected chi connectivity index (χ2v) is 6.53. The van der Waals surface area contributed by atoms with E-state index in [4.69, 9.17) is 4.74 Å². The van der Waals surface area contributed by atoms with Gasteiger partial charge in [0.25, 0.3) is 5.91 Å². The van der Waals surface area contributed by atoms with Crippen LogP contribution in [0.5, 0.6) is 0 Å². The lowest BCUT2D eigenvalue weighted by molar-refractivity contribution is -0.124. The molecule has 0 radical (unpaired) electrons. The number of esters is 1. The number of hydrazone groups is 1. The predicted molar refractivity (Wildman–Crippen MR) is 105 cm³/mol. The third kappa shape index (κ3) is 4.94. The van der Waals surface area contributed by atoms with Crippen LogP contribution in [-0.2, 0) is 9.53 Å². The highest BCUT2D eigenvalue weighted by Gasteiger charge is 2.15. The van der Waals surface area contributed by atoms with Gasteiger partial charge in [0, 0.05) is 18.7 Å². The minimum Gasteiger partial charge on any atom is -0.452 e. The Hall–Kier alpha value is -3.15. The Kier molecular flexibility index (Phi) is 5.86. The van der Waals surface area contributed by atoms with Crippen LogP contribution in [0.3, 0.4) is 0 Å². The quantitative estimate of drug-likeness (QED) is 0.798. The Bertz CT molecular complexity index is 832. The first-order valence-electron chi connectivity index (χ1n) is 8.96. The van der Waals surface area contributed by atoms with Crippen molar-refractivity contribution < 1.29 is 14.3 Å². The van der Waals surface area contributed by atoms with Crippen molar-refractivity contribution in [2.45, 2.75) is 26.3 Å². The number of anilines is 1. The molecule has 0 spiro atoms. The molecule has 140 valence electrons. The van der Waals surface area contributed by atoms with Gasteiger partial charge in [-0.05, 0) is 43.7 Å². The third-order valence-corrected chi connectivity index (χ3v) is 4.39. The number of hydrogen-bond acceptors (Lipinski definition) is 5. The highest BCUT2D eigenvalue weighted by atomic mass is 16.5. The maximum Gasteiger partial charge on any atom is 0.338 e. The Morgan fingerprint density at radius 3 is 2.48 bits per heavy atom. The van der Waals surface area contributed by atoms with Crippen LogP contribution >= 0.6 is 0 Å². The smallest absolute Gasteiger partial charge is 0.338 e. The molecule has 0 aliphatic carbocycles. The van der Waals surface area contributed by atoms with Gasteiger partial charge in [-0.15, -0.1) is 0 Å². The molecule has 1 heterocycles. The summed E-state index contributed by atoms with van der Waals surface area (Å²) in [6, 6.07) is 16.5. The maximum absolute atomic E-state index is 12.1. The van der Waals surface area contributed by atoms with Crippen LogP contribution < -0.4 is 10.3 Å². The van der Waals surface area contributed by atoms with Crippen LogP contribution in [0, 0.1) is 0 Å². The van der Waals surface area contributed by atoms with Crippen LogP contribution in [-0.4, -0.2) is 30.7 Å². The number of benzene rings is 2. The van der Waals surface area contributed by atoms with Gasteiger partial charge in [-0.1, -0.05) is 30.3 Å². The van der Waals surface area contributed by atoms with Gasteiger partial charge < -0.3 is 10.1 Å². The molecule has 0 bridgehead atoms. The van der Waals surface area contributed by atoms with Crippen molar-refractivity contribution >= 4 is 23.3 Å². The highest BCUT2D eigenvalue weighted by Crippen LogP contribution is 2.20. The van der Waals surface area contributed by atoms with E-state index in [2.05, 4.69) is 10.4 Å². The van der Waals surface area contributed by atoms with Crippen molar-refractivity contribution in [2.75, 3.05) is 18.2 Å². The molecule has 6 nitrogen and oxygen atoms in total. The number of nitrogens with zero attached hydrogens (tertiary/aromatic N) is 2. The molecule has 1 N–H and O–H groups in total. The molecule has 0 saturated heterocycles. The van der Waals surface area contributed by atoms with Crippen LogP contribution in [0.1, 0.15) is 42.2 Å². The number of carbonyl (C=O) groups excluding carboxylic acids is 2. The summed E-state index contributed by atoms with van der Waals surface area (Å²) in [7, 11) is 0. The van der Waals surface area contributed by atoms with E-state index in [1.54, 1.807) is 12.1 Å². The molecule has 0 aromatic heterocycles. The van der Waals surface area contributed by atoms with Gasteiger partial charge in [-0.2, -0.15) is 5.10 Å². The highest BCUT2D eigenvalue weighted by molar-refractivity contribution is 5.92. The fourth-order valence-electron chi connectivity index (χ4n) is 2.85. The zero-order chi connectivity index (χ0) is 19.2. The van der Waals surface area contributed by atoms with Crippen LogP contribution in [0.25, 0.3) is 0 Å². The van der Waals surface area contributed by atoms with Crippen LogP contribution in [0.2, 0.25) is 0 Å². The lowest BCUT2D eigenvalue weighted by Gasteiger charge is -2.15. The molecule has 1 amide bonds. The molecule has 2 aromatic carbocycles. The van der Waals surface area contributed by atoms with E-state index in [9.17, 15) is 9.59 Å². The molecule has 1 atom stereocenters. The van der Waals surface area contributed by atoms with Gasteiger partial charge >= 0.3 is 5.97 Å². The standard InChI is InChI=1S/C21H23N3O3/c1-15-12-13-24(23-15)19-10-8-18(9-11-19)21(26)27-14-20(25)22-16(2)17-6-4-3-5-7-17/h3-11,16H,12-14H2,1-2H3,(H,22,25). The van der Waals surface area contributed by atoms with Crippen molar-refractivity contribution in [3.63, 3.8) is 0 Å². The largest absolute Gasteiger partial charge is 0.452 e. The SMILES string of the molecule is CC1=NN(c2ccc(C(=O)OCC(=O)NC(C)c3ccccc3)cc2)CC1. The predicted octanol–water partition coefficient (Wildman–Crippen LogP) is 3.31. The Morgan fingerprint density at radius 1 is 1.15 bits per heavy atom. The number of amides is 1. The zero-order valence-electron chi connectivity index (χ0n) is 15.5. The molecule has 3 rings (SSSR count). The Labute approximate surface area is 158 Å². The van der Waals surface area contributed by atoms with Crippen molar-refractivity contribution in [1.82, 2.24) is 5.32 Å². The lowest BCUT2D eigenvalue weighted by Crippen LogP contribution is -2.31. The van der Waals surface area contributed by atoms with Crippen LogP contribution in [0.15, 0.2) is 59.7 Å². The minimum absolute atomic E-state index is 0.152. The number of ether oxygens (including phenoxy) is 1. The molecular formula is C21H23N3O3. The zero-order valence-corrected chi connectivity index (χ0v) is 15.5. The van der Waals surface area contributed by atoms with Gasteiger partial charge in [0.05, 0.1) is 17.3 Å². The van der Waals surface area contributed by atoms with E-state index in [0.717, 1.165) is 29.9 Å². The molecule has 6 heteroatoms. The van der Waals surface area contributed by atoms with E-state index < -0.39 is 5.97 Å². The fraction of sp³-hybridized carbons (Fsp3) is 0.286. The topological polar surface area (TPSA) is 71.0 Å². The molecule has 1 aliphatic rings. The second-order valence-electron chi connectivity index (χ2n) is 6.53. The summed E-state index contributed by atoms with van der Waals surface area (Å²) in [5.41, 5.74) is 3.42. The van der Waals surface area contributed by atoms with E-state index >= 15 is 0 Å². The van der Waals surface area contributed by atoms with Crippen molar-refractivity contribution in [3.05, 3.63) is 65.7 Å². The molecule has 1 unspecified atom stereocenters. The average molecular weight is 365 g/mol. The number of hydrogen-bond donors (Lipinski definition) is 1. The van der Waals surface area contributed by atoms with E-state index in [1.807, 2.05) is 61.3 Å². The minimum atomic E-state index is -0.523. The van der Waals surface area contributed by atoms with Gasteiger partial charge in [0.15, 0.2) is 6.61 Å². The first kappa shape index (κ1) is 18.6. The summed E-state index contributed by atoms with van der Waals surface area (Å²) in [5.74, 6) is -0.858. The van der Waals surface area contributed by atoms with E-state index in [1.165, 1.54) is 0 Å². The summed E-state index contributed by atoms with van der Waals surface area (Å²) in [6.45, 7) is 4.41. The molecule has 1 aliphatic heterocycles. The monoisotopic (exact) mass is 365 g/mol. The maximum atomic E-state index is 12.1. The molecule has 0 saturated carbocycles. The first-order chi connectivity index (χ1) is 13.0. The second kappa shape index (κ2) is 8.49. The number of carbonyl (C=O) groups is 2. The third-order valence-electron chi connectivity index (χ3n) is 4.39. The summed E-state index contributed by atoms with van der Waals surface area (Å²) in [5, 5.41) is 9.15. The van der Waals surface area contributed by atoms with E-state index in [-0.39, 0.29) is 18.6 Å². The average Bonchev–Trinajstić information content (AvgIpc) is 3.13. The van der Waals surface area contributed by atoms with Crippen molar-refractivity contribution in [3.8, 4) is 0 Å². The van der Waals surface area contributed by atoms with E-state index in [0.29, 0.717) is 5.56 Å². The van der Waals surface area contributed by atoms with Crippen LogP contribution in [0.4, 0.5) is 5.69 Å². The summed E-state index contributed by atoms with van der Waals surface area (Å²) in [6.07, 6.45) is 0.945. The molecular weight excluding hydrogens is 342 g/mol. The number of rotatable bonds is 6. The Morgan fingerprint density at radius 2 is 1.85 bits per heavy atom. The van der Waals surface area contributed by atoms with Gasteiger partial charge in [0.1, 0.15) is 0 Å². The first-order valence-corrected chi connectivity index (χ1v) is 8.96. The summed E-state index contributed by atoms with van der Waals surface area (Å²) < 4.78 is 5.12. The van der Waals surface area contributed by atoms with Gasteiger partial charge in [-0.3, -0.25) is 9.80 Å². The summed E-state index contributed by atoms with van der Waals surface area (Å²) in [4.78, 5) is 24.2. The molecule has 0 fully saturated rings. The normalized spacial score (nSPS) is 14.4.